The van der Waals surface area contributed by atoms with Gasteiger partial charge in [-0.15, -0.1) is 0 Å². The highest BCUT2D eigenvalue weighted by Crippen LogP contribution is 2.33. The summed E-state index contributed by atoms with van der Waals surface area (Å²) in [6.45, 7) is 10.8. The Labute approximate surface area is 156 Å². The number of thiocarbonyl (C=S) groups is 1. The monoisotopic (exact) mass is 364 g/mol. The summed E-state index contributed by atoms with van der Waals surface area (Å²) in [7, 11) is 3.35. The minimum absolute atomic E-state index is 0.286. The van der Waals surface area contributed by atoms with Crippen molar-refractivity contribution in [3.8, 4) is 11.5 Å². The molecule has 1 aliphatic heterocycles. The molecule has 0 amide bonds. The molecule has 0 aliphatic carbocycles. The van der Waals surface area contributed by atoms with Crippen molar-refractivity contribution in [2.75, 3.05) is 33.9 Å². The average molecular weight is 365 g/mol. The molecule has 1 unspecified atom stereocenters. The van der Waals surface area contributed by atoms with Crippen molar-refractivity contribution in [2.45, 2.75) is 32.4 Å². The van der Waals surface area contributed by atoms with Gasteiger partial charge >= 0.3 is 0 Å². The second-order valence-electron chi connectivity index (χ2n) is 6.62. The summed E-state index contributed by atoms with van der Waals surface area (Å²) in [6, 6.07) is 4.83. The molecule has 1 aromatic rings. The molecule has 5 nitrogen and oxygen atoms in total. The van der Waals surface area contributed by atoms with Gasteiger partial charge in [0.1, 0.15) is 6.04 Å². The molecule has 0 radical (unpaired) electrons. The molecule has 0 aromatic heterocycles. The quantitative estimate of drug-likeness (QED) is 0.502. The summed E-state index contributed by atoms with van der Waals surface area (Å²) in [5.41, 5.74) is 2.61. The lowest BCUT2D eigenvalue weighted by molar-refractivity contribution is -0.927. The van der Waals surface area contributed by atoms with Gasteiger partial charge < -0.3 is 25.0 Å². The van der Waals surface area contributed by atoms with E-state index in [1.165, 1.54) is 16.0 Å². The number of rotatable bonds is 7. The van der Waals surface area contributed by atoms with Gasteiger partial charge in [0, 0.05) is 18.0 Å². The van der Waals surface area contributed by atoms with Gasteiger partial charge in [-0.05, 0) is 49.8 Å². The lowest BCUT2D eigenvalue weighted by Crippen LogP contribution is -3.13. The lowest BCUT2D eigenvalue weighted by atomic mass is 9.91. The summed E-state index contributed by atoms with van der Waals surface area (Å²) in [5, 5.41) is 7.31. The van der Waals surface area contributed by atoms with Gasteiger partial charge in [0.05, 0.1) is 33.9 Å². The maximum absolute atomic E-state index is 5.51. The van der Waals surface area contributed by atoms with Crippen LogP contribution in [-0.4, -0.2) is 45.0 Å². The molecule has 3 N–H and O–H groups in total. The van der Waals surface area contributed by atoms with E-state index < -0.39 is 0 Å². The predicted octanol–water partition coefficient (Wildman–Crippen LogP) is 1.24. The molecule has 0 bridgehead atoms. The Balaban J connectivity index is 2.27. The molecule has 0 spiro atoms. The number of nitrogens with one attached hydrogen (secondary N) is 3. The Hall–Kier alpha value is -1.79. The van der Waals surface area contributed by atoms with Crippen LogP contribution in [0.3, 0.4) is 0 Å². The number of fused-ring (bicyclic) bond motifs is 1. The van der Waals surface area contributed by atoms with Crippen LogP contribution in [0.25, 0.3) is 0 Å². The molecule has 2 atom stereocenters. The smallest absolute Gasteiger partial charge is 0.166 e. The van der Waals surface area contributed by atoms with E-state index in [4.69, 9.17) is 21.7 Å². The summed E-state index contributed by atoms with van der Waals surface area (Å²) < 4.78 is 11.0. The summed E-state index contributed by atoms with van der Waals surface area (Å²) in [6.07, 6.45) is 3.00. The fraction of sp³-hybridized carbons (Fsp3) is 0.526. The number of benzene rings is 1. The largest absolute Gasteiger partial charge is 0.493 e. The van der Waals surface area contributed by atoms with Crippen molar-refractivity contribution >= 4 is 17.3 Å². The molecule has 1 aromatic carbocycles. The number of hydrogen-bond acceptors (Lipinski definition) is 3. The van der Waals surface area contributed by atoms with Crippen LogP contribution in [0.2, 0.25) is 0 Å². The minimum Gasteiger partial charge on any atom is -0.493 e. The van der Waals surface area contributed by atoms with Gasteiger partial charge in [0.25, 0.3) is 0 Å². The second kappa shape index (κ2) is 9.06. The van der Waals surface area contributed by atoms with Crippen LogP contribution in [0.4, 0.5) is 0 Å². The molecular formula is C19H30N3O2S+. The third-order valence-electron chi connectivity index (χ3n) is 4.52. The van der Waals surface area contributed by atoms with Crippen molar-refractivity contribution in [1.82, 2.24) is 10.6 Å². The first-order valence-electron chi connectivity index (χ1n) is 8.74. The third-order valence-corrected chi connectivity index (χ3v) is 4.78. The van der Waals surface area contributed by atoms with E-state index in [1.54, 1.807) is 14.2 Å². The highest BCUT2D eigenvalue weighted by atomic mass is 32.1. The van der Waals surface area contributed by atoms with E-state index in [0.29, 0.717) is 11.2 Å². The first kappa shape index (κ1) is 19.5. The van der Waals surface area contributed by atoms with Crippen LogP contribution >= 0.6 is 12.2 Å². The molecule has 25 heavy (non-hydrogen) atoms. The zero-order chi connectivity index (χ0) is 18.4. The fourth-order valence-electron chi connectivity index (χ4n) is 3.36. The van der Waals surface area contributed by atoms with Crippen molar-refractivity contribution in [3.63, 3.8) is 0 Å². The van der Waals surface area contributed by atoms with E-state index in [-0.39, 0.29) is 6.04 Å². The molecule has 0 saturated heterocycles. The first-order valence-corrected chi connectivity index (χ1v) is 9.15. The summed E-state index contributed by atoms with van der Waals surface area (Å²) in [4.78, 5) is 1.48. The maximum Gasteiger partial charge on any atom is 0.166 e. The molecular weight excluding hydrogens is 334 g/mol. The Bertz CT molecular complexity index is 619. The van der Waals surface area contributed by atoms with Crippen molar-refractivity contribution in [2.24, 2.45) is 0 Å². The topological polar surface area (TPSA) is 47.0 Å². The van der Waals surface area contributed by atoms with E-state index >= 15 is 0 Å². The zero-order valence-corrected chi connectivity index (χ0v) is 16.5. The Morgan fingerprint density at radius 2 is 2.04 bits per heavy atom. The van der Waals surface area contributed by atoms with Gasteiger partial charge in [0.2, 0.25) is 0 Å². The molecule has 138 valence electrons. The molecule has 2 rings (SSSR count). The third kappa shape index (κ3) is 4.86. The van der Waals surface area contributed by atoms with Gasteiger partial charge in [-0.3, -0.25) is 0 Å². The minimum atomic E-state index is 0.286. The first-order chi connectivity index (χ1) is 12.0. The average Bonchev–Trinajstić information content (AvgIpc) is 2.59. The Morgan fingerprint density at radius 1 is 1.36 bits per heavy atom. The molecule has 0 saturated carbocycles. The second-order valence-corrected chi connectivity index (χ2v) is 7.03. The van der Waals surface area contributed by atoms with Gasteiger partial charge in [-0.1, -0.05) is 6.58 Å². The van der Waals surface area contributed by atoms with Crippen LogP contribution in [0.5, 0.6) is 11.5 Å². The lowest BCUT2D eigenvalue weighted by Gasteiger charge is -2.34. The van der Waals surface area contributed by atoms with E-state index in [9.17, 15) is 0 Å². The molecule has 1 aliphatic rings. The SMILES string of the molecule is C=CC[NH+]1CCc2cc(OC)c(OC)cc2[C@@H]1CNC(=S)NC(C)C. The number of hydrogen-bond donors (Lipinski definition) is 3. The maximum atomic E-state index is 5.51. The van der Waals surface area contributed by atoms with Crippen LogP contribution in [0.1, 0.15) is 31.0 Å². The Morgan fingerprint density at radius 3 is 2.64 bits per heavy atom. The van der Waals surface area contributed by atoms with Crippen molar-refractivity contribution in [3.05, 3.63) is 35.9 Å². The van der Waals surface area contributed by atoms with Gasteiger partial charge in [0.15, 0.2) is 16.6 Å². The highest BCUT2D eigenvalue weighted by molar-refractivity contribution is 7.80. The van der Waals surface area contributed by atoms with Gasteiger partial charge in [-0.2, -0.15) is 0 Å². The van der Waals surface area contributed by atoms with E-state index in [0.717, 1.165) is 37.6 Å². The summed E-state index contributed by atoms with van der Waals surface area (Å²) in [5.74, 6) is 1.56. The Kier molecular flexibility index (Phi) is 7.08. The van der Waals surface area contributed by atoms with Crippen molar-refractivity contribution in [1.29, 1.82) is 0 Å². The number of quaternary nitrogens is 1. The fourth-order valence-corrected chi connectivity index (χ4v) is 3.68. The highest BCUT2D eigenvalue weighted by Gasteiger charge is 2.31. The van der Waals surface area contributed by atoms with Crippen molar-refractivity contribution < 1.29 is 14.4 Å². The van der Waals surface area contributed by atoms with Crippen LogP contribution in [-0.2, 0) is 6.42 Å². The van der Waals surface area contributed by atoms with Crippen LogP contribution in [0, 0.1) is 0 Å². The molecule has 0 fully saturated rings. The zero-order valence-electron chi connectivity index (χ0n) is 15.6. The predicted molar refractivity (Wildman–Crippen MR) is 106 cm³/mol. The standard InChI is InChI=1S/C19H29N3O2S/c1-6-8-22-9-7-14-10-17(23-4)18(24-5)11-15(14)16(22)12-20-19(25)21-13(2)3/h6,10-11,13,16H,1,7-9,12H2,2-5H3,(H2,20,21,25)/p+1/t16-/m0/s1. The summed E-state index contributed by atoms with van der Waals surface area (Å²) >= 11 is 5.39. The van der Waals surface area contributed by atoms with Gasteiger partial charge in [-0.25, -0.2) is 0 Å². The normalized spacial score (nSPS) is 19.1. The van der Waals surface area contributed by atoms with E-state index in [1.807, 2.05) is 6.08 Å². The van der Waals surface area contributed by atoms with E-state index in [2.05, 4.69) is 43.2 Å². The number of ether oxygens (including phenoxy) is 2. The van der Waals surface area contributed by atoms with Crippen LogP contribution in [0.15, 0.2) is 24.8 Å². The van der Waals surface area contributed by atoms with Crippen LogP contribution < -0.4 is 25.0 Å². The molecule has 6 heteroatoms. The molecule has 1 heterocycles. The number of methoxy groups -OCH3 is 2.